The molecule has 0 N–H and O–H groups in total. The maximum Gasteiger partial charge on any atom is 0.151 e. The third kappa shape index (κ3) is 4.98. The fourth-order valence-corrected chi connectivity index (χ4v) is 4.20. The normalized spacial score (nSPS) is 22.2. The van der Waals surface area contributed by atoms with Crippen molar-refractivity contribution in [3.63, 3.8) is 0 Å². The summed E-state index contributed by atoms with van der Waals surface area (Å²) in [6.07, 6.45) is 5.16. The topological polar surface area (TPSA) is 41.7 Å². The molecule has 2 aliphatic heterocycles. The predicted molar refractivity (Wildman–Crippen MR) is 107 cm³/mol. The maximum atomic E-state index is 5.68. The Kier molecular flexibility index (Phi) is 6.22. The van der Waals surface area contributed by atoms with E-state index in [2.05, 4.69) is 52.2 Å². The molecule has 4 rings (SSSR count). The molecule has 1 atom stereocenters. The van der Waals surface area contributed by atoms with Crippen LogP contribution in [-0.2, 0) is 11.3 Å². The molecule has 2 saturated heterocycles. The molecule has 146 valence electrons. The Hall–Kier alpha value is -1.69. The van der Waals surface area contributed by atoms with Gasteiger partial charge in [0, 0.05) is 30.8 Å². The smallest absolute Gasteiger partial charge is 0.151 e. The first kappa shape index (κ1) is 18.7. The molecule has 5 heteroatoms. The van der Waals surface area contributed by atoms with Gasteiger partial charge in [0.1, 0.15) is 5.69 Å². The van der Waals surface area contributed by atoms with Gasteiger partial charge in [-0.3, -0.25) is 9.80 Å². The summed E-state index contributed by atoms with van der Waals surface area (Å²) in [5, 5.41) is 4.30. The molecule has 3 heterocycles. The number of likely N-dealkylation sites (tertiary alicyclic amines) is 1. The summed E-state index contributed by atoms with van der Waals surface area (Å²) >= 11 is 0. The van der Waals surface area contributed by atoms with Crippen LogP contribution < -0.4 is 0 Å². The third-order valence-corrected chi connectivity index (χ3v) is 5.90. The van der Waals surface area contributed by atoms with Gasteiger partial charge in [-0.25, -0.2) is 0 Å². The van der Waals surface area contributed by atoms with Crippen LogP contribution in [-0.4, -0.2) is 60.4 Å². The Morgan fingerprint density at radius 1 is 1.07 bits per heavy atom. The summed E-state index contributed by atoms with van der Waals surface area (Å²) in [6.45, 7) is 9.23. The summed E-state index contributed by atoms with van der Waals surface area (Å²) < 4.78 is 11.1. The zero-order valence-electron chi connectivity index (χ0n) is 16.4. The summed E-state index contributed by atoms with van der Waals surface area (Å²) in [4.78, 5) is 5.14. The van der Waals surface area contributed by atoms with Crippen LogP contribution in [0.2, 0.25) is 0 Å². The third-order valence-electron chi connectivity index (χ3n) is 5.90. The largest absolute Gasteiger partial charge is 0.379 e. The standard InChI is InChI=1S/C22H31N3O2/c1-18-5-7-19(8-6-18)22-16-21(27-23-22)17-25-10-3-2-4-20(25)9-11-24-12-14-26-15-13-24/h5-8,16,20H,2-4,9-15,17H2,1H3. The number of rotatable bonds is 6. The molecule has 0 radical (unpaired) electrons. The van der Waals surface area contributed by atoms with E-state index in [-0.39, 0.29) is 0 Å². The van der Waals surface area contributed by atoms with E-state index < -0.39 is 0 Å². The van der Waals surface area contributed by atoms with Crippen molar-refractivity contribution >= 4 is 0 Å². The van der Waals surface area contributed by atoms with Gasteiger partial charge in [-0.15, -0.1) is 0 Å². The average molecular weight is 370 g/mol. The van der Waals surface area contributed by atoms with Gasteiger partial charge in [0.25, 0.3) is 0 Å². The molecule has 2 aliphatic rings. The van der Waals surface area contributed by atoms with Crippen molar-refractivity contribution in [2.45, 2.75) is 45.2 Å². The number of aromatic nitrogens is 1. The first-order valence-corrected chi connectivity index (χ1v) is 10.3. The molecular formula is C22H31N3O2. The van der Waals surface area contributed by atoms with Crippen molar-refractivity contribution in [1.29, 1.82) is 0 Å². The van der Waals surface area contributed by atoms with E-state index in [0.29, 0.717) is 6.04 Å². The fraction of sp³-hybridized carbons (Fsp3) is 0.591. The molecule has 5 nitrogen and oxygen atoms in total. The van der Waals surface area contributed by atoms with E-state index in [4.69, 9.17) is 9.26 Å². The lowest BCUT2D eigenvalue weighted by Gasteiger charge is -2.37. The van der Waals surface area contributed by atoms with Crippen molar-refractivity contribution in [2.75, 3.05) is 39.4 Å². The Balaban J connectivity index is 1.35. The zero-order chi connectivity index (χ0) is 18.5. The summed E-state index contributed by atoms with van der Waals surface area (Å²) in [5.41, 5.74) is 3.32. The summed E-state index contributed by atoms with van der Waals surface area (Å²) in [5.74, 6) is 0.976. The van der Waals surface area contributed by atoms with Gasteiger partial charge in [0.05, 0.1) is 19.8 Å². The molecule has 0 aliphatic carbocycles. The first-order chi connectivity index (χ1) is 13.3. The molecule has 2 fully saturated rings. The van der Waals surface area contributed by atoms with E-state index in [1.807, 2.05) is 0 Å². The quantitative estimate of drug-likeness (QED) is 0.776. The summed E-state index contributed by atoms with van der Waals surface area (Å²) in [7, 11) is 0. The lowest BCUT2D eigenvalue weighted by atomic mass is 9.98. The second-order valence-corrected chi connectivity index (χ2v) is 7.91. The first-order valence-electron chi connectivity index (χ1n) is 10.3. The van der Waals surface area contributed by atoms with E-state index in [1.54, 1.807) is 0 Å². The lowest BCUT2D eigenvalue weighted by molar-refractivity contribution is 0.0296. The van der Waals surface area contributed by atoms with Crippen molar-refractivity contribution < 1.29 is 9.26 Å². The van der Waals surface area contributed by atoms with Gasteiger partial charge in [0.2, 0.25) is 0 Å². The Labute approximate surface area is 162 Å². The lowest BCUT2D eigenvalue weighted by Crippen LogP contribution is -2.43. The van der Waals surface area contributed by atoms with Crippen LogP contribution in [0.4, 0.5) is 0 Å². The molecule has 0 spiro atoms. The minimum Gasteiger partial charge on any atom is -0.379 e. The van der Waals surface area contributed by atoms with Crippen molar-refractivity contribution in [3.05, 3.63) is 41.7 Å². The number of aryl methyl sites for hydroxylation is 1. The molecule has 1 unspecified atom stereocenters. The molecule has 0 bridgehead atoms. The zero-order valence-corrected chi connectivity index (χ0v) is 16.4. The van der Waals surface area contributed by atoms with Gasteiger partial charge in [-0.1, -0.05) is 41.4 Å². The fourth-order valence-electron chi connectivity index (χ4n) is 4.20. The molecule has 1 aromatic heterocycles. The second kappa shape index (κ2) is 9.00. The highest BCUT2D eigenvalue weighted by molar-refractivity contribution is 5.59. The van der Waals surface area contributed by atoms with Gasteiger partial charge in [0.15, 0.2) is 5.76 Å². The number of piperidine rings is 1. The number of morpholine rings is 1. The van der Waals surface area contributed by atoms with E-state index in [1.165, 1.54) is 37.8 Å². The Morgan fingerprint density at radius 3 is 2.70 bits per heavy atom. The van der Waals surface area contributed by atoms with E-state index >= 15 is 0 Å². The maximum absolute atomic E-state index is 5.68. The number of hydrogen-bond acceptors (Lipinski definition) is 5. The molecule has 0 amide bonds. The number of hydrogen-bond donors (Lipinski definition) is 0. The van der Waals surface area contributed by atoms with Gasteiger partial charge in [-0.2, -0.15) is 0 Å². The van der Waals surface area contributed by atoms with Gasteiger partial charge >= 0.3 is 0 Å². The van der Waals surface area contributed by atoms with Crippen LogP contribution in [0.25, 0.3) is 11.3 Å². The highest BCUT2D eigenvalue weighted by Gasteiger charge is 2.24. The van der Waals surface area contributed by atoms with E-state index in [0.717, 1.165) is 56.4 Å². The monoisotopic (exact) mass is 369 g/mol. The average Bonchev–Trinajstić information content (AvgIpc) is 3.17. The SMILES string of the molecule is Cc1ccc(-c2cc(CN3CCCCC3CCN3CCOCC3)on2)cc1. The number of benzene rings is 1. The van der Waals surface area contributed by atoms with Crippen LogP contribution in [0.3, 0.4) is 0 Å². The molecular weight excluding hydrogens is 338 g/mol. The van der Waals surface area contributed by atoms with Crippen molar-refractivity contribution in [1.82, 2.24) is 15.0 Å². The van der Waals surface area contributed by atoms with Crippen LogP contribution in [0.5, 0.6) is 0 Å². The molecule has 2 aromatic rings. The minimum atomic E-state index is 0.648. The summed E-state index contributed by atoms with van der Waals surface area (Å²) in [6, 6.07) is 11.2. The Morgan fingerprint density at radius 2 is 1.89 bits per heavy atom. The number of nitrogens with zero attached hydrogens (tertiary/aromatic N) is 3. The Bertz CT molecular complexity index is 707. The van der Waals surface area contributed by atoms with Crippen LogP contribution in [0.15, 0.2) is 34.9 Å². The minimum absolute atomic E-state index is 0.648. The van der Waals surface area contributed by atoms with Gasteiger partial charge in [-0.05, 0) is 39.3 Å². The highest BCUT2D eigenvalue weighted by Crippen LogP contribution is 2.25. The second-order valence-electron chi connectivity index (χ2n) is 7.91. The van der Waals surface area contributed by atoms with Crippen LogP contribution in [0, 0.1) is 6.92 Å². The van der Waals surface area contributed by atoms with Crippen molar-refractivity contribution in [3.8, 4) is 11.3 Å². The van der Waals surface area contributed by atoms with Crippen molar-refractivity contribution in [2.24, 2.45) is 0 Å². The predicted octanol–water partition coefficient (Wildman–Crippen LogP) is 3.73. The van der Waals surface area contributed by atoms with Crippen LogP contribution in [0.1, 0.15) is 37.0 Å². The molecule has 27 heavy (non-hydrogen) atoms. The molecule has 0 saturated carbocycles. The van der Waals surface area contributed by atoms with Crippen LogP contribution >= 0.6 is 0 Å². The number of ether oxygens (including phenoxy) is 1. The highest BCUT2D eigenvalue weighted by atomic mass is 16.5. The molecule has 1 aromatic carbocycles. The van der Waals surface area contributed by atoms with E-state index in [9.17, 15) is 0 Å². The van der Waals surface area contributed by atoms with Gasteiger partial charge < -0.3 is 9.26 Å².